The van der Waals surface area contributed by atoms with Crippen LogP contribution >= 0.6 is 11.6 Å². The van der Waals surface area contributed by atoms with E-state index in [1.54, 1.807) is 53.4 Å². The van der Waals surface area contributed by atoms with Gasteiger partial charge in [0, 0.05) is 28.0 Å². The first-order valence-electron chi connectivity index (χ1n) is 9.15. The van der Waals surface area contributed by atoms with Gasteiger partial charge in [-0.3, -0.25) is 9.52 Å². The largest absolute Gasteiger partial charge is 0.305 e. The minimum atomic E-state index is -3.75. The van der Waals surface area contributed by atoms with Crippen molar-refractivity contribution in [2.24, 2.45) is 0 Å². The van der Waals surface area contributed by atoms with Gasteiger partial charge in [0.2, 0.25) is 0 Å². The molecule has 1 aliphatic rings. The molecule has 0 unspecified atom stereocenters. The van der Waals surface area contributed by atoms with Gasteiger partial charge in [-0.05, 0) is 73.5 Å². The zero-order valence-corrected chi connectivity index (χ0v) is 17.2. The van der Waals surface area contributed by atoms with Gasteiger partial charge in [0.05, 0.1) is 4.90 Å². The second kappa shape index (κ2) is 7.54. The van der Waals surface area contributed by atoms with E-state index < -0.39 is 10.0 Å². The molecule has 0 aliphatic carbocycles. The van der Waals surface area contributed by atoms with Crippen LogP contribution in [-0.4, -0.2) is 20.4 Å². The van der Waals surface area contributed by atoms with Crippen molar-refractivity contribution in [2.75, 3.05) is 9.62 Å². The highest BCUT2D eigenvalue weighted by Gasteiger charge is 2.32. The molecule has 1 amide bonds. The molecule has 1 aliphatic heterocycles. The van der Waals surface area contributed by atoms with Crippen LogP contribution < -0.4 is 9.62 Å². The highest BCUT2D eigenvalue weighted by molar-refractivity contribution is 7.92. The van der Waals surface area contributed by atoms with E-state index in [9.17, 15) is 13.2 Å². The summed E-state index contributed by atoms with van der Waals surface area (Å²) in [6.45, 7) is 1.96. The van der Waals surface area contributed by atoms with Gasteiger partial charge in [-0.1, -0.05) is 29.8 Å². The Hall–Kier alpha value is -2.83. The lowest BCUT2D eigenvalue weighted by Gasteiger charge is -2.23. The summed E-state index contributed by atoms with van der Waals surface area (Å²) in [4.78, 5) is 14.8. The first kappa shape index (κ1) is 19.5. The summed E-state index contributed by atoms with van der Waals surface area (Å²) in [5.41, 5.74) is 2.62. The molecule has 148 valence electrons. The third kappa shape index (κ3) is 3.86. The first-order chi connectivity index (χ1) is 13.8. The Balaban J connectivity index is 1.63. The first-order valence-corrected chi connectivity index (χ1v) is 11.0. The molecule has 3 aromatic rings. The summed E-state index contributed by atoms with van der Waals surface area (Å²) in [7, 11) is -3.75. The average Bonchev–Trinajstić information content (AvgIpc) is 3.04. The van der Waals surface area contributed by atoms with Crippen LogP contribution in [0.2, 0.25) is 5.02 Å². The van der Waals surface area contributed by atoms with E-state index in [2.05, 4.69) is 4.72 Å². The molecule has 0 saturated heterocycles. The van der Waals surface area contributed by atoms with Crippen LogP contribution in [0.15, 0.2) is 77.7 Å². The van der Waals surface area contributed by atoms with Crippen LogP contribution in [-0.2, 0) is 16.4 Å². The van der Waals surface area contributed by atoms with Gasteiger partial charge in [-0.2, -0.15) is 0 Å². The SMILES string of the molecule is C[C@H]1Cc2cc(S(=O)(=O)Nc3ccc(Cl)cc3)ccc2N1C(=O)c1ccccc1. The number of fused-ring (bicyclic) bond motifs is 1. The number of amides is 1. The van der Waals surface area contributed by atoms with Gasteiger partial charge in [0.25, 0.3) is 15.9 Å². The van der Waals surface area contributed by atoms with Crippen LogP contribution in [0.25, 0.3) is 0 Å². The molecule has 1 N–H and O–H groups in total. The third-order valence-corrected chi connectivity index (χ3v) is 6.54. The number of hydrogen-bond donors (Lipinski definition) is 1. The Kier molecular flexibility index (Phi) is 5.06. The number of halogens is 1. The molecule has 0 saturated carbocycles. The number of hydrogen-bond acceptors (Lipinski definition) is 3. The number of carbonyl (C=O) groups excluding carboxylic acids is 1. The van der Waals surface area contributed by atoms with Gasteiger partial charge >= 0.3 is 0 Å². The summed E-state index contributed by atoms with van der Waals surface area (Å²) in [5.74, 6) is -0.0910. The van der Waals surface area contributed by atoms with Crippen LogP contribution in [0.3, 0.4) is 0 Å². The molecular formula is C22H19ClN2O3S. The van der Waals surface area contributed by atoms with Crippen molar-refractivity contribution in [3.63, 3.8) is 0 Å². The van der Waals surface area contributed by atoms with E-state index in [4.69, 9.17) is 11.6 Å². The third-order valence-electron chi connectivity index (χ3n) is 4.91. The Labute approximate surface area is 175 Å². The normalized spacial score (nSPS) is 15.8. The van der Waals surface area contributed by atoms with E-state index in [1.165, 1.54) is 6.07 Å². The highest BCUT2D eigenvalue weighted by Crippen LogP contribution is 2.35. The van der Waals surface area contributed by atoms with E-state index in [-0.39, 0.29) is 16.8 Å². The quantitative estimate of drug-likeness (QED) is 0.655. The lowest BCUT2D eigenvalue weighted by atomic mass is 10.1. The van der Waals surface area contributed by atoms with Crippen LogP contribution in [0.5, 0.6) is 0 Å². The zero-order chi connectivity index (χ0) is 20.6. The van der Waals surface area contributed by atoms with Crippen molar-refractivity contribution in [1.29, 1.82) is 0 Å². The highest BCUT2D eigenvalue weighted by atomic mass is 35.5. The lowest BCUT2D eigenvalue weighted by molar-refractivity contribution is 0.0981. The van der Waals surface area contributed by atoms with Crippen molar-refractivity contribution in [3.8, 4) is 0 Å². The molecular weight excluding hydrogens is 408 g/mol. The van der Waals surface area contributed by atoms with E-state index >= 15 is 0 Å². The van der Waals surface area contributed by atoms with Crippen molar-refractivity contribution < 1.29 is 13.2 Å². The minimum absolute atomic E-state index is 0.0557. The van der Waals surface area contributed by atoms with Crippen molar-refractivity contribution in [1.82, 2.24) is 0 Å². The number of rotatable bonds is 4. The van der Waals surface area contributed by atoms with Gasteiger partial charge < -0.3 is 4.90 Å². The van der Waals surface area contributed by atoms with Gasteiger partial charge in [0.1, 0.15) is 0 Å². The maximum atomic E-state index is 13.0. The Morgan fingerprint density at radius 2 is 1.72 bits per heavy atom. The monoisotopic (exact) mass is 426 g/mol. The Morgan fingerprint density at radius 3 is 2.41 bits per heavy atom. The maximum absolute atomic E-state index is 13.0. The fourth-order valence-electron chi connectivity index (χ4n) is 3.54. The topological polar surface area (TPSA) is 66.5 Å². The Morgan fingerprint density at radius 1 is 1.03 bits per heavy atom. The summed E-state index contributed by atoms with van der Waals surface area (Å²) in [6.07, 6.45) is 0.595. The summed E-state index contributed by atoms with van der Waals surface area (Å²) in [5, 5.41) is 0.530. The molecule has 0 fully saturated rings. The number of nitrogens with one attached hydrogen (secondary N) is 1. The number of carbonyl (C=O) groups is 1. The molecule has 29 heavy (non-hydrogen) atoms. The van der Waals surface area contributed by atoms with E-state index in [1.807, 2.05) is 25.1 Å². The van der Waals surface area contributed by atoms with Crippen LogP contribution in [0.1, 0.15) is 22.8 Å². The van der Waals surface area contributed by atoms with E-state index in [0.29, 0.717) is 22.7 Å². The predicted octanol–water partition coefficient (Wildman–Crippen LogP) is 4.73. The van der Waals surface area contributed by atoms with Crippen LogP contribution in [0, 0.1) is 0 Å². The molecule has 7 heteroatoms. The minimum Gasteiger partial charge on any atom is -0.305 e. The number of nitrogens with zero attached hydrogens (tertiary/aromatic N) is 1. The van der Waals surface area contributed by atoms with Crippen LogP contribution in [0.4, 0.5) is 11.4 Å². The average molecular weight is 427 g/mol. The Bertz CT molecular complexity index is 1160. The fraction of sp³-hybridized carbons (Fsp3) is 0.136. The molecule has 0 radical (unpaired) electrons. The molecule has 0 bridgehead atoms. The number of anilines is 2. The zero-order valence-electron chi connectivity index (χ0n) is 15.7. The molecule has 4 rings (SSSR count). The molecule has 1 heterocycles. The number of benzene rings is 3. The standard InChI is InChI=1S/C22H19ClN2O3S/c1-15-13-17-14-20(29(27,28)24-19-9-7-18(23)8-10-19)11-12-21(17)25(15)22(26)16-5-3-2-4-6-16/h2-12,14-15,24H,13H2,1H3/t15-/m0/s1. The molecule has 3 aromatic carbocycles. The summed E-state index contributed by atoms with van der Waals surface area (Å²) >= 11 is 5.85. The predicted molar refractivity (Wildman–Crippen MR) is 115 cm³/mol. The van der Waals surface area contributed by atoms with Crippen molar-refractivity contribution in [2.45, 2.75) is 24.3 Å². The summed E-state index contributed by atoms with van der Waals surface area (Å²) < 4.78 is 28.1. The molecule has 0 aromatic heterocycles. The van der Waals surface area contributed by atoms with Gasteiger partial charge in [0.15, 0.2) is 0 Å². The second-order valence-electron chi connectivity index (χ2n) is 7.00. The molecule has 5 nitrogen and oxygen atoms in total. The lowest BCUT2D eigenvalue weighted by Crippen LogP contribution is -2.35. The smallest absolute Gasteiger partial charge is 0.261 e. The maximum Gasteiger partial charge on any atom is 0.261 e. The van der Waals surface area contributed by atoms with E-state index in [0.717, 1.165) is 11.3 Å². The van der Waals surface area contributed by atoms with Gasteiger partial charge in [-0.15, -0.1) is 0 Å². The van der Waals surface area contributed by atoms with Gasteiger partial charge in [-0.25, -0.2) is 8.42 Å². The molecule has 1 atom stereocenters. The fourth-order valence-corrected chi connectivity index (χ4v) is 4.77. The van der Waals surface area contributed by atoms with Crippen molar-refractivity contribution in [3.05, 3.63) is 88.9 Å². The molecule has 0 spiro atoms. The summed E-state index contributed by atoms with van der Waals surface area (Å²) in [6, 6.07) is 20.4. The second-order valence-corrected chi connectivity index (χ2v) is 9.12. The van der Waals surface area contributed by atoms with Crippen molar-refractivity contribution >= 4 is 38.9 Å². The number of sulfonamides is 1.